The van der Waals surface area contributed by atoms with Gasteiger partial charge in [0.25, 0.3) is 0 Å². The Bertz CT molecular complexity index is 980. The van der Waals surface area contributed by atoms with Gasteiger partial charge >= 0.3 is 0 Å². The normalized spacial score (nSPS) is 26.1. The predicted molar refractivity (Wildman–Crippen MR) is 115 cm³/mol. The molecule has 164 valence electrons. The summed E-state index contributed by atoms with van der Waals surface area (Å²) in [5.74, 6) is -0.568. The first kappa shape index (κ1) is 20.5. The number of hydrogen-bond donors (Lipinski definition) is 4. The van der Waals surface area contributed by atoms with E-state index in [0.717, 1.165) is 25.1 Å². The first-order valence-electron chi connectivity index (χ1n) is 10.9. The first-order chi connectivity index (χ1) is 15.0. The Morgan fingerprint density at radius 3 is 2.87 bits per heavy atom. The number of rotatable bonds is 4. The van der Waals surface area contributed by atoms with Gasteiger partial charge < -0.3 is 5.11 Å². The smallest absolute Gasteiger partial charge is 0.243 e. The third-order valence-electron chi connectivity index (χ3n) is 6.65. The molecule has 3 aliphatic heterocycles. The fraction of sp³-hybridized carbons (Fsp3) is 0.435. The SMILES string of the molecule is Cc1cccc(F)c1N1NC2C(CC1=O)NNC2c1ccc2c(c1)CN(CCO)CC2. The second-order valence-corrected chi connectivity index (χ2v) is 8.64. The van der Waals surface area contributed by atoms with Crippen LogP contribution >= 0.6 is 0 Å². The largest absolute Gasteiger partial charge is 0.395 e. The van der Waals surface area contributed by atoms with E-state index in [2.05, 4.69) is 39.4 Å². The molecule has 3 atom stereocenters. The van der Waals surface area contributed by atoms with Crippen molar-refractivity contribution in [1.29, 1.82) is 0 Å². The molecule has 0 aromatic heterocycles. The highest BCUT2D eigenvalue weighted by molar-refractivity contribution is 5.94. The van der Waals surface area contributed by atoms with Crippen LogP contribution in [0, 0.1) is 12.7 Å². The maximum absolute atomic E-state index is 14.6. The van der Waals surface area contributed by atoms with E-state index in [0.29, 0.717) is 17.8 Å². The third-order valence-corrected chi connectivity index (χ3v) is 6.65. The molecular weight excluding hydrogens is 397 g/mol. The minimum atomic E-state index is -0.410. The monoisotopic (exact) mass is 425 g/mol. The molecule has 2 aromatic rings. The molecular formula is C23H28FN5O2. The number of aliphatic hydroxyl groups excluding tert-OH is 1. The van der Waals surface area contributed by atoms with E-state index in [-0.39, 0.29) is 37.1 Å². The van der Waals surface area contributed by atoms with E-state index in [1.54, 1.807) is 6.07 Å². The summed E-state index contributed by atoms with van der Waals surface area (Å²) < 4.78 is 14.6. The van der Waals surface area contributed by atoms with Crippen molar-refractivity contribution in [2.75, 3.05) is 24.7 Å². The van der Waals surface area contributed by atoms with Gasteiger partial charge in [0.2, 0.25) is 5.91 Å². The number of amides is 1. The van der Waals surface area contributed by atoms with Gasteiger partial charge in [-0.1, -0.05) is 30.3 Å². The van der Waals surface area contributed by atoms with Crippen molar-refractivity contribution >= 4 is 11.6 Å². The van der Waals surface area contributed by atoms with Crippen molar-refractivity contribution in [1.82, 2.24) is 21.2 Å². The Balaban J connectivity index is 1.41. The van der Waals surface area contributed by atoms with Gasteiger partial charge in [-0.3, -0.25) is 15.1 Å². The molecule has 0 saturated carbocycles. The third kappa shape index (κ3) is 3.75. The molecule has 5 rings (SSSR count). The molecule has 7 nitrogen and oxygen atoms in total. The van der Waals surface area contributed by atoms with E-state index in [9.17, 15) is 14.3 Å². The molecule has 0 radical (unpaired) electrons. The summed E-state index contributed by atoms with van der Waals surface area (Å²) >= 11 is 0. The molecule has 0 bridgehead atoms. The summed E-state index contributed by atoms with van der Waals surface area (Å²) in [6.07, 6.45) is 1.26. The van der Waals surface area contributed by atoms with Gasteiger partial charge in [-0.15, -0.1) is 0 Å². The summed E-state index contributed by atoms with van der Waals surface area (Å²) in [6, 6.07) is 11.1. The van der Waals surface area contributed by atoms with Crippen LogP contribution in [0.2, 0.25) is 0 Å². The van der Waals surface area contributed by atoms with Gasteiger partial charge in [0, 0.05) is 32.1 Å². The first-order valence-corrected chi connectivity index (χ1v) is 10.9. The van der Waals surface area contributed by atoms with Crippen LogP contribution in [-0.2, 0) is 17.8 Å². The van der Waals surface area contributed by atoms with Crippen LogP contribution in [-0.4, -0.2) is 47.7 Å². The van der Waals surface area contributed by atoms with Crippen LogP contribution in [0.3, 0.4) is 0 Å². The molecule has 4 N–H and O–H groups in total. The van der Waals surface area contributed by atoms with Crippen molar-refractivity contribution in [3.05, 3.63) is 64.5 Å². The van der Waals surface area contributed by atoms with Crippen LogP contribution in [0.4, 0.5) is 10.1 Å². The Hall–Kier alpha value is -2.36. The average molecular weight is 426 g/mol. The number of anilines is 1. The number of nitrogens with one attached hydrogen (secondary N) is 3. The lowest BCUT2D eigenvalue weighted by Gasteiger charge is -2.37. The fourth-order valence-corrected chi connectivity index (χ4v) is 5.00. The zero-order valence-corrected chi connectivity index (χ0v) is 17.6. The molecule has 3 heterocycles. The van der Waals surface area contributed by atoms with E-state index in [1.807, 2.05) is 13.0 Å². The molecule has 1 amide bonds. The molecule has 2 aromatic carbocycles. The van der Waals surface area contributed by atoms with Crippen LogP contribution in [0.5, 0.6) is 0 Å². The quantitative estimate of drug-likeness (QED) is 0.592. The fourth-order valence-electron chi connectivity index (χ4n) is 5.00. The summed E-state index contributed by atoms with van der Waals surface area (Å²) in [5.41, 5.74) is 14.6. The van der Waals surface area contributed by atoms with Gasteiger partial charge in [0.05, 0.1) is 24.4 Å². The van der Waals surface area contributed by atoms with Gasteiger partial charge in [-0.2, -0.15) is 0 Å². The number of hydrogen-bond acceptors (Lipinski definition) is 6. The summed E-state index contributed by atoms with van der Waals surface area (Å²) in [5, 5.41) is 10.7. The van der Waals surface area contributed by atoms with Crippen molar-refractivity contribution in [2.24, 2.45) is 0 Å². The zero-order valence-electron chi connectivity index (χ0n) is 17.6. The van der Waals surface area contributed by atoms with Gasteiger partial charge in [0.15, 0.2) is 0 Å². The number of aliphatic hydroxyl groups is 1. The number of fused-ring (bicyclic) bond motifs is 2. The number of carbonyl (C=O) groups excluding carboxylic acids is 1. The molecule has 3 unspecified atom stereocenters. The average Bonchev–Trinajstić information content (AvgIpc) is 3.16. The lowest BCUT2D eigenvalue weighted by atomic mass is 9.90. The number of β-amino-alcohol motifs (C(OH)–C–C–N with tert-alkyl or cyclic N) is 1. The molecule has 2 fully saturated rings. The summed E-state index contributed by atoms with van der Waals surface area (Å²) in [6.45, 7) is 4.43. The van der Waals surface area contributed by atoms with E-state index < -0.39 is 5.82 Å². The van der Waals surface area contributed by atoms with Crippen molar-refractivity contribution in [3.8, 4) is 0 Å². The van der Waals surface area contributed by atoms with Crippen molar-refractivity contribution in [2.45, 2.75) is 44.4 Å². The van der Waals surface area contributed by atoms with Crippen LogP contribution in [0.25, 0.3) is 0 Å². The Morgan fingerprint density at radius 1 is 1.19 bits per heavy atom. The van der Waals surface area contributed by atoms with Gasteiger partial charge in [-0.25, -0.2) is 20.3 Å². The number of hydrazine groups is 2. The Kier molecular flexibility index (Phi) is 5.49. The van der Waals surface area contributed by atoms with E-state index in [4.69, 9.17) is 0 Å². The molecule has 8 heteroatoms. The highest BCUT2D eigenvalue weighted by Gasteiger charge is 2.44. The van der Waals surface area contributed by atoms with E-state index >= 15 is 0 Å². The van der Waals surface area contributed by atoms with Crippen molar-refractivity contribution in [3.63, 3.8) is 0 Å². The summed E-state index contributed by atoms with van der Waals surface area (Å²) in [4.78, 5) is 15.0. The second-order valence-electron chi connectivity index (χ2n) is 8.64. The molecule has 31 heavy (non-hydrogen) atoms. The molecule has 2 saturated heterocycles. The summed E-state index contributed by atoms with van der Waals surface area (Å²) in [7, 11) is 0. The Morgan fingerprint density at radius 2 is 2.06 bits per heavy atom. The maximum Gasteiger partial charge on any atom is 0.243 e. The highest BCUT2D eigenvalue weighted by Crippen LogP contribution is 2.33. The molecule has 0 spiro atoms. The number of benzene rings is 2. The number of nitrogens with zero attached hydrogens (tertiary/aromatic N) is 2. The van der Waals surface area contributed by atoms with Crippen molar-refractivity contribution < 1.29 is 14.3 Å². The van der Waals surface area contributed by atoms with Gasteiger partial charge in [-0.05, 0) is 41.7 Å². The lowest BCUT2D eigenvalue weighted by Crippen LogP contribution is -2.60. The molecule has 0 aliphatic carbocycles. The second kappa shape index (κ2) is 8.29. The minimum absolute atomic E-state index is 0.0637. The maximum atomic E-state index is 14.6. The number of para-hydroxylation sites is 1. The number of halogens is 1. The standard InChI is InChI=1S/C23H28FN5O2/c1-14-3-2-4-18(24)23(14)29-20(31)12-19-22(27-29)21(26-25-19)16-6-5-15-7-8-28(9-10-30)13-17(15)11-16/h2-6,11,19,21-22,25-27,30H,7-10,12-13H2,1H3. The topological polar surface area (TPSA) is 79.9 Å². The lowest BCUT2D eigenvalue weighted by molar-refractivity contribution is -0.121. The molecule has 3 aliphatic rings. The van der Waals surface area contributed by atoms with Gasteiger partial charge in [0.1, 0.15) is 5.82 Å². The number of carbonyl (C=O) groups is 1. The predicted octanol–water partition coefficient (Wildman–Crippen LogP) is 1.31. The van der Waals surface area contributed by atoms with E-state index in [1.165, 1.54) is 22.2 Å². The zero-order chi connectivity index (χ0) is 21.5. The van der Waals surface area contributed by atoms with Crippen LogP contribution in [0.15, 0.2) is 36.4 Å². The Labute approximate surface area is 181 Å². The minimum Gasteiger partial charge on any atom is -0.395 e. The van der Waals surface area contributed by atoms with Crippen LogP contribution < -0.4 is 21.3 Å². The number of aryl methyl sites for hydroxylation is 1. The van der Waals surface area contributed by atoms with Crippen LogP contribution in [0.1, 0.15) is 34.7 Å². The highest BCUT2D eigenvalue weighted by atomic mass is 19.1.